The Morgan fingerprint density at radius 3 is 2.80 bits per heavy atom. The molecular formula is C13H17BrN2O3S. The number of sulfonamides is 1. The molecule has 1 aromatic rings. The van der Waals surface area contributed by atoms with Crippen LogP contribution >= 0.6 is 15.9 Å². The van der Waals surface area contributed by atoms with Crippen LogP contribution < -0.4 is 5.14 Å². The number of rotatable bonds is 3. The molecule has 1 amide bonds. The van der Waals surface area contributed by atoms with Crippen molar-refractivity contribution in [2.75, 3.05) is 6.54 Å². The van der Waals surface area contributed by atoms with Crippen LogP contribution in [0.5, 0.6) is 0 Å². The number of halogens is 1. The monoisotopic (exact) mass is 360 g/mol. The molecule has 1 aliphatic heterocycles. The molecule has 1 aliphatic rings. The van der Waals surface area contributed by atoms with Gasteiger partial charge in [0.25, 0.3) is 5.91 Å². The van der Waals surface area contributed by atoms with E-state index in [1.807, 2.05) is 11.8 Å². The number of hydrogen-bond acceptors (Lipinski definition) is 3. The molecule has 1 unspecified atom stereocenters. The minimum atomic E-state index is -3.85. The minimum Gasteiger partial charge on any atom is -0.336 e. The molecule has 0 saturated carbocycles. The summed E-state index contributed by atoms with van der Waals surface area (Å²) in [6.07, 6.45) is 2.90. The Bertz CT molecular complexity index is 631. The Morgan fingerprint density at radius 2 is 2.20 bits per heavy atom. The topological polar surface area (TPSA) is 80.5 Å². The van der Waals surface area contributed by atoms with Gasteiger partial charge in [-0.2, -0.15) is 0 Å². The molecule has 110 valence electrons. The normalized spacial score (nSPS) is 19.4. The van der Waals surface area contributed by atoms with Gasteiger partial charge in [-0.05, 0) is 53.4 Å². The zero-order valence-corrected chi connectivity index (χ0v) is 13.6. The highest BCUT2D eigenvalue weighted by atomic mass is 79.9. The van der Waals surface area contributed by atoms with E-state index in [4.69, 9.17) is 5.14 Å². The molecular weight excluding hydrogens is 344 g/mol. The number of nitrogens with zero attached hydrogens (tertiary/aromatic N) is 1. The van der Waals surface area contributed by atoms with Gasteiger partial charge in [-0.15, -0.1) is 0 Å². The SMILES string of the molecule is CCC1CCCN1C(=O)c1ccc(Br)c(S(N)(=O)=O)c1. The first-order chi connectivity index (χ1) is 9.34. The Balaban J connectivity index is 2.36. The molecule has 2 N–H and O–H groups in total. The summed E-state index contributed by atoms with van der Waals surface area (Å²) in [6, 6.07) is 4.74. The second-order valence-electron chi connectivity index (χ2n) is 4.89. The number of benzene rings is 1. The molecule has 1 atom stereocenters. The van der Waals surface area contributed by atoms with E-state index in [0.717, 1.165) is 25.8 Å². The van der Waals surface area contributed by atoms with Gasteiger partial charge in [-0.1, -0.05) is 6.92 Å². The summed E-state index contributed by atoms with van der Waals surface area (Å²) in [7, 11) is -3.85. The first-order valence-corrected chi connectivity index (χ1v) is 8.82. The molecule has 20 heavy (non-hydrogen) atoms. The fourth-order valence-electron chi connectivity index (χ4n) is 2.55. The van der Waals surface area contributed by atoms with Crippen molar-refractivity contribution < 1.29 is 13.2 Å². The van der Waals surface area contributed by atoms with Gasteiger partial charge in [0.1, 0.15) is 0 Å². The fraction of sp³-hybridized carbons (Fsp3) is 0.462. The first-order valence-electron chi connectivity index (χ1n) is 6.48. The lowest BCUT2D eigenvalue weighted by Gasteiger charge is -2.24. The second kappa shape index (κ2) is 5.83. The van der Waals surface area contributed by atoms with Gasteiger partial charge >= 0.3 is 0 Å². The Kier molecular flexibility index (Phi) is 4.51. The molecule has 0 bridgehead atoms. The van der Waals surface area contributed by atoms with Crippen LogP contribution in [0.4, 0.5) is 0 Å². The highest BCUT2D eigenvalue weighted by molar-refractivity contribution is 9.10. The maximum Gasteiger partial charge on any atom is 0.254 e. The van der Waals surface area contributed by atoms with E-state index in [9.17, 15) is 13.2 Å². The lowest BCUT2D eigenvalue weighted by Crippen LogP contribution is -2.35. The predicted molar refractivity (Wildman–Crippen MR) is 79.9 cm³/mol. The van der Waals surface area contributed by atoms with Gasteiger partial charge in [0.2, 0.25) is 10.0 Å². The standard InChI is InChI=1S/C13H17BrN2O3S/c1-2-10-4-3-7-16(10)13(17)9-5-6-11(14)12(8-9)20(15,18)19/h5-6,8,10H,2-4,7H2,1H3,(H2,15,18,19). The molecule has 0 aliphatic carbocycles. The molecule has 1 heterocycles. The predicted octanol–water partition coefficient (Wildman–Crippen LogP) is 2.11. The summed E-state index contributed by atoms with van der Waals surface area (Å²) >= 11 is 3.14. The fourth-order valence-corrected chi connectivity index (χ4v) is 4.10. The van der Waals surface area contributed by atoms with E-state index in [-0.39, 0.29) is 16.8 Å². The highest BCUT2D eigenvalue weighted by Crippen LogP contribution is 2.26. The van der Waals surface area contributed by atoms with Gasteiger partial charge in [-0.3, -0.25) is 4.79 Å². The van der Waals surface area contributed by atoms with Crippen LogP contribution in [0.1, 0.15) is 36.5 Å². The summed E-state index contributed by atoms with van der Waals surface area (Å²) in [5, 5.41) is 5.15. The number of hydrogen-bond donors (Lipinski definition) is 1. The van der Waals surface area contributed by atoms with E-state index < -0.39 is 10.0 Å². The molecule has 0 aromatic heterocycles. The van der Waals surface area contributed by atoms with Gasteiger partial charge in [0.05, 0.1) is 4.90 Å². The number of likely N-dealkylation sites (tertiary alicyclic amines) is 1. The van der Waals surface area contributed by atoms with E-state index in [2.05, 4.69) is 15.9 Å². The Morgan fingerprint density at radius 1 is 1.50 bits per heavy atom. The van der Waals surface area contributed by atoms with E-state index in [1.54, 1.807) is 12.1 Å². The summed E-state index contributed by atoms with van der Waals surface area (Å²) < 4.78 is 23.4. The number of amides is 1. The van der Waals surface area contributed by atoms with Gasteiger partial charge in [0.15, 0.2) is 0 Å². The molecule has 5 nitrogen and oxygen atoms in total. The van der Waals surface area contributed by atoms with Crippen molar-refractivity contribution in [1.82, 2.24) is 4.90 Å². The van der Waals surface area contributed by atoms with E-state index in [0.29, 0.717) is 10.0 Å². The summed E-state index contributed by atoms with van der Waals surface area (Å²) in [5.41, 5.74) is 0.359. The van der Waals surface area contributed by atoms with Crippen LogP contribution in [0.25, 0.3) is 0 Å². The smallest absolute Gasteiger partial charge is 0.254 e. The van der Waals surface area contributed by atoms with Crippen molar-refractivity contribution in [2.45, 2.75) is 37.1 Å². The van der Waals surface area contributed by atoms with Crippen LogP contribution in [-0.2, 0) is 10.0 Å². The van der Waals surface area contributed by atoms with Crippen molar-refractivity contribution in [3.05, 3.63) is 28.2 Å². The Hall–Kier alpha value is -0.920. The third kappa shape index (κ3) is 3.05. The molecule has 1 fully saturated rings. The quantitative estimate of drug-likeness (QED) is 0.895. The summed E-state index contributed by atoms with van der Waals surface area (Å²) in [4.78, 5) is 14.2. The average molecular weight is 361 g/mol. The summed E-state index contributed by atoms with van der Waals surface area (Å²) in [6.45, 7) is 2.77. The van der Waals surface area contributed by atoms with Gasteiger partial charge in [0, 0.05) is 22.6 Å². The maximum atomic E-state index is 12.5. The van der Waals surface area contributed by atoms with E-state index in [1.165, 1.54) is 6.07 Å². The minimum absolute atomic E-state index is 0.0596. The number of carbonyl (C=O) groups excluding carboxylic acids is 1. The third-order valence-corrected chi connectivity index (χ3v) is 5.50. The van der Waals surface area contributed by atoms with Crippen molar-refractivity contribution in [3.63, 3.8) is 0 Å². The Labute approximate surface area is 127 Å². The lowest BCUT2D eigenvalue weighted by molar-refractivity contribution is 0.0733. The van der Waals surface area contributed by atoms with Crippen LogP contribution in [0.2, 0.25) is 0 Å². The van der Waals surface area contributed by atoms with Crippen LogP contribution in [0.3, 0.4) is 0 Å². The number of nitrogens with two attached hydrogens (primary N) is 1. The largest absolute Gasteiger partial charge is 0.336 e. The third-order valence-electron chi connectivity index (χ3n) is 3.59. The second-order valence-corrected chi connectivity index (χ2v) is 7.28. The van der Waals surface area contributed by atoms with Gasteiger partial charge < -0.3 is 4.90 Å². The van der Waals surface area contributed by atoms with Gasteiger partial charge in [-0.25, -0.2) is 13.6 Å². The van der Waals surface area contributed by atoms with Crippen molar-refractivity contribution in [3.8, 4) is 0 Å². The van der Waals surface area contributed by atoms with Crippen LogP contribution in [0, 0.1) is 0 Å². The molecule has 0 spiro atoms. The van der Waals surface area contributed by atoms with E-state index >= 15 is 0 Å². The first kappa shape index (κ1) is 15.5. The van der Waals surface area contributed by atoms with Crippen molar-refractivity contribution >= 4 is 31.9 Å². The highest BCUT2D eigenvalue weighted by Gasteiger charge is 2.28. The van der Waals surface area contributed by atoms with Crippen LogP contribution in [0.15, 0.2) is 27.6 Å². The van der Waals surface area contributed by atoms with Crippen LogP contribution in [-0.4, -0.2) is 31.8 Å². The van der Waals surface area contributed by atoms with Crippen molar-refractivity contribution in [2.24, 2.45) is 5.14 Å². The molecule has 0 radical (unpaired) electrons. The molecule has 1 saturated heterocycles. The summed E-state index contributed by atoms with van der Waals surface area (Å²) in [5.74, 6) is -0.133. The molecule has 2 rings (SSSR count). The average Bonchev–Trinajstić information content (AvgIpc) is 2.85. The molecule has 7 heteroatoms. The zero-order chi connectivity index (χ0) is 14.9. The lowest BCUT2D eigenvalue weighted by atomic mass is 10.1. The zero-order valence-electron chi connectivity index (χ0n) is 11.2. The molecule has 1 aromatic carbocycles. The maximum absolute atomic E-state index is 12.5. The number of carbonyl (C=O) groups is 1. The van der Waals surface area contributed by atoms with Crippen molar-refractivity contribution in [1.29, 1.82) is 0 Å². The number of primary sulfonamides is 1.